The number of carbonyl (C=O) groups excluding carboxylic acids is 1. The van der Waals surface area contributed by atoms with Crippen LogP contribution in [0, 0.1) is 5.41 Å². The van der Waals surface area contributed by atoms with Crippen LogP contribution in [-0.2, 0) is 0 Å². The fourth-order valence-corrected chi connectivity index (χ4v) is 1.64. The summed E-state index contributed by atoms with van der Waals surface area (Å²) in [5.74, 6) is 0.509. The summed E-state index contributed by atoms with van der Waals surface area (Å²) in [6.45, 7) is 0.661. The predicted octanol–water partition coefficient (Wildman–Crippen LogP) is 1.16. The lowest BCUT2D eigenvalue weighted by molar-refractivity contribution is 0.0941. The molecule has 1 fully saturated rings. The van der Waals surface area contributed by atoms with Crippen LogP contribution in [0.3, 0.4) is 0 Å². The lowest BCUT2D eigenvalue weighted by Crippen LogP contribution is -2.31. The highest BCUT2D eigenvalue weighted by molar-refractivity contribution is 6.18. The van der Waals surface area contributed by atoms with Gasteiger partial charge < -0.3 is 5.32 Å². The maximum Gasteiger partial charge on any atom is 0.269 e. The zero-order chi connectivity index (χ0) is 10.0. The molecule has 76 valence electrons. The third kappa shape index (κ3) is 1.90. The minimum Gasteiger partial charge on any atom is -0.350 e. The van der Waals surface area contributed by atoms with E-state index >= 15 is 0 Å². The van der Waals surface area contributed by atoms with Crippen molar-refractivity contribution in [2.75, 3.05) is 12.4 Å². The Balaban J connectivity index is 1.84. The molecule has 0 unspecified atom stereocenters. The molecule has 1 aromatic heterocycles. The standard InChI is InChI=1S/C9H12ClN3O/c10-5-9(2-3-9)6-11-8(14)7-1-4-12-13-7/h1,4H,2-3,5-6H2,(H,11,14)(H,12,13). The van der Waals surface area contributed by atoms with E-state index in [2.05, 4.69) is 15.5 Å². The Labute approximate surface area is 87.0 Å². The number of rotatable bonds is 4. The fourth-order valence-electron chi connectivity index (χ4n) is 1.28. The lowest BCUT2D eigenvalue weighted by Gasteiger charge is -2.11. The molecule has 0 aromatic carbocycles. The zero-order valence-corrected chi connectivity index (χ0v) is 8.47. The average molecular weight is 214 g/mol. The first kappa shape index (κ1) is 9.52. The molecule has 0 saturated heterocycles. The monoisotopic (exact) mass is 213 g/mol. The second kappa shape index (κ2) is 3.61. The summed E-state index contributed by atoms with van der Waals surface area (Å²) >= 11 is 5.79. The lowest BCUT2D eigenvalue weighted by atomic mass is 10.1. The minimum atomic E-state index is -0.112. The summed E-state index contributed by atoms with van der Waals surface area (Å²) in [4.78, 5) is 11.5. The van der Waals surface area contributed by atoms with E-state index in [0.29, 0.717) is 18.1 Å². The van der Waals surface area contributed by atoms with Gasteiger partial charge in [0.2, 0.25) is 0 Å². The van der Waals surface area contributed by atoms with E-state index in [0.717, 1.165) is 12.8 Å². The molecule has 5 heteroatoms. The number of nitrogens with one attached hydrogen (secondary N) is 2. The molecule has 0 atom stereocenters. The summed E-state index contributed by atoms with van der Waals surface area (Å²) in [6.07, 6.45) is 3.78. The Hall–Kier alpha value is -1.03. The molecule has 0 radical (unpaired) electrons. The first-order valence-corrected chi connectivity index (χ1v) is 5.13. The largest absolute Gasteiger partial charge is 0.350 e. The van der Waals surface area contributed by atoms with Crippen molar-refractivity contribution in [2.45, 2.75) is 12.8 Å². The van der Waals surface area contributed by atoms with E-state index in [1.165, 1.54) is 0 Å². The minimum absolute atomic E-state index is 0.112. The van der Waals surface area contributed by atoms with E-state index in [-0.39, 0.29) is 11.3 Å². The van der Waals surface area contributed by atoms with E-state index < -0.39 is 0 Å². The first-order valence-electron chi connectivity index (χ1n) is 4.59. The molecule has 4 nitrogen and oxygen atoms in total. The number of carbonyl (C=O) groups is 1. The molecule has 1 aromatic rings. The molecule has 2 rings (SSSR count). The van der Waals surface area contributed by atoms with Gasteiger partial charge in [0.05, 0.1) is 0 Å². The maximum atomic E-state index is 11.5. The Morgan fingerprint density at radius 1 is 1.71 bits per heavy atom. The summed E-state index contributed by atoms with van der Waals surface area (Å²) < 4.78 is 0. The van der Waals surface area contributed by atoms with Crippen molar-refractivity contribution >= 4 is 17.5 Å². The number of hydrogen-bond donors (Lipinski definition) is 2. The van der Waals surface area contributed by atoms with Crippen LogP contribution in [0.4, 0.5) is 0 Å². The van der Waals surface area contributed by atoms with Gasteiger partial charge in [-0.1, -0.05) is 0 Å². The number of H-pyrrole nitrogens is 1. The Morgan fingerprint density at radius 3 is 3.00 bits per heavy atom. The second-order valence-corrected chi connectivity index (χ2v) is 4.05. The van der Waals surface area contributed by atoms with E-state index in [4.69, 9.17) is 11.6 Å². The smallest absolute Gasteiger partial charge is 0.269 e. The number of halogens is 1. The quantitative estimate of drug-likeness (QED) is 0.738. The van der Waals surface area contributed by atoms with Gasteiger partial charge >= 0.3 is 0 Å². The molecule has 14 heavy (non-hydrogen) atoms. The average Bonchev–Trinajstić information content (AvgIpc) is 2.78. The highest BCUT2D eigenvalue weighted by atomic mass is 35.5. The maximum absolute atomic E-state index is 11.5. The van der Waals surface area contributed by atoms with Crippen molar-refractivity contribution in [2.24, 2.45) is 5.41 Å². The van der Waals surface area contributed by atoms with Gasteiger partial charge in [0, 0.05) is 24.0 Å². The Morgan fingerprint density at radius 2 is 2.50 bits per heavy atom. The molecule has 0 bridgehead atoms. The van der Waals surface area contributed by atoms with Crippen molar-refractivity contribution in [3.63, 3.8) is 0 Å². The van der Waals surface area contributed by atoms with Crippen molar-refractivity contribution in [3.8, 4) is 0 Å². The zero-order valence-electron chi connectivity index (χ0n) is 7.72. The summed E-state index contributed by atoms with van der Waals surface area (Å²) in [6, 6.07) is 1.65. The fraction of sp³-hybridized carbons (Fsp3) is 0.556. The van der Waals surface area contributed by atoms with Gasteiger partial charge in [-0.25, -0.2) is 0 Å². The predicted molar refractivity (Wildman–Crippen MR) is 53.3 cm³/mol. The van der Waals surface area contributed by atoms with E-state index in [1.807, 2.05) is 0 Å². The molecule has 2 N–H and O–H groups in total. The molecular formula is C9H12ClN3O. The molecule has 1 saturated carbocycles. The number of amides is 1. The summed E-state index contributed by atoms with van der Waals surface area (Å²) in [5, 5.41) is 9.17. The Kier molecular flexibility index (Phi) is 2.46. The van der Waals surface area contributed by atoms with Gasteiger partial charge in [0.15, 0.2) is 0 Å². The molecule has 1 heterocycles. The van der Waals surface area contributed by atoms with E-state index in [1.54, 1.807) is 12.3 Å². The van der Waals surface area contributed by atoms with Crippen molar-refractivity contribution in [1.82, 2.24) is 15.5 Å². The number of aromatic amines is 1. The molecule has 0 aliphatic heterocycles. The molecule has 0 spiro atoms. The number of alkyl halides is 1. The van der Waals surface area contributed by atoms with Crippen LogP contribution < -0.4 is 5.32 Å². The van der Waals surface area contributed by atoms with Gasteiger partial charge in [-0.05, 0) is 18.9 Å². The summed E-state index contributed by atoms with van der Waals surface area (Å²) in [7, 11) is 0. The normalized spacial score (nSPS) is 17.8. The van der Waals surface area contributed by atoms with Crippen LogP contribution >= 0.6 is 11.6 Å². The van der Waals surface area contributed by atoms with Crippen molar-refractivity contribution < 1.29 is 4.79 Å². The highest BCUT2D eigenvalue weighted by Gasteiger charge is 2.41. The van der Waals surface area contributed by atoms with Crippen LogP contribution in [0.2, 0.25) is 0 Å². The van der Waals surface area contributed by atoms with Crippen LogP contribution in [0.15, 0.2) is 12.3 Å². The van der Waals surface area contributed by atoms with E-state index in [9.17, 15) is 4.79 Å². The van der Waals surface area contributed by atoms with Crippen LogP contribution in [0.5, 0.6) is 0 Å². The summed E-state index contributed by atoms with van der Waals surface area (Å²) in [5.41, 5.74) is 0.660. The second-order valence-electron chi connectivity index (χ2n) is 3.79. The molecule has 1 aliphatic rings. The number of nitrogens with zero attached hydrogens (tertiary/aromatic N) is 1. The van der Waals surface area contributed by atoms with Crippen LogP contribution in [0.25, 0.3) is 0 Å². The van der Waals surface area contributed by atoms with Gasteiger partial charge in [-0.15, -0.1) is 11.6 Å². The van der Waals surface area contributed by atoms with Gasteiger partial charge in [-0.2, -0.15) is 5.10 Å². The first-order chi connectivity index (χ1) is 6.76. The molecule has 1 aliphatic carbocycles. The van der Waals surface area contributed by atoms with Gasteiger partial charge in [0.25, 0.3) is 5.91 Å². The van der Waals surface area contributed by atoms with Crippen LogP contribution in [-0.4, -0.2) is 28.5 Å². The Bertz CT molecular complexity index is 319. The number of hydrogen-bond acceptors (Lipinski definition) is 2. The topological polar surface area (TPSA) is 57.8 Å². The third-order valence-electron chi connectivity index (χ3n) is 2.61. The van der Waals surface area contributed by atoms with Gasteiger partial charge in [-0.3, -0.25) is 9.89 Å². The van der Waals surface area contributed by atoms with Gasteiger partial charge in [0.1, 0.15) is 5.69 Å². The highest BCUT2D eigenvalue weighted by Crippen LogP contribution is 2.45. The molecular weight excluding hydrogens is 202 g/mol. The third-order valence-corrected chi connectivity index (χ3v) is 3.18. The molecule has 1 amide bonds. The van der Waals surface area contributed by atoms with Crippen molar-refractivity contribution in [1.29, 1.82) is 0 Å². The van der Waals surface area contributed by atoms with Crippen LogP contribution in [0.1, 0.15) is 23.3 Å². The van der Waals surface area contributed by atoms with Crippen molar-refractivity contribution in [3.05, 3.63) is 18.0 Å². The number of aromatic nitrogens is 2. The SMILES string of the molecule is O=C(NCC1(CCl)CC1)c1ccn[nH]1.